The van der Waals surface area contributed by atoms with Crippen LogP contribution in [0.3, 0.4) is 0 Å². The second-order valence-electron chi connectivity index (χ2n) is 4.39. The average molecular weight is 218 g/mol. The predicted octanol–water partition coefficient (Wildman–Crippen LogP) is 2.29. The van der Waals surface area contributed by atoms with Crippen LogP contribution in [0.2, 0.25) is 0 Å². The molecule has 0 bridgehead atoms. The smallest absolute Gasteiger partial charge is 0.128 e. The van der Waals surface area contributed by atoms with Gasteiger partial charge in [0.2, 0.25) is 0 Å². The first-order chi connectivity index (χ1) is 7.66. The first-order valence-corrected chi connectivity index (χ1v) is 5.71. The molecular weight excluding hydrogens is 200 g/mol. The lowest BCUT2D eigenvalue weighted by molar-refractivity contribution is 0.199. The van der Waals surface area contributed by atoms with Crippen LogP contribution in [-0.4, -0.2) is 23.2 Å². The van der Waals surface area contributed by atoms with Crippen molar-refractivity contribution in [3.05, 3.63) is 35.5 Å². The summed E-state index contributed by atoms with van der Waals surface area (Å²) in [6.45, 7) is 5.89. The molecule has 1 aliphatic heterocycles. The van der Waals surface area contributed by atoms with E-state index in [-0.39, 0.29) is 0 Å². The number of hydrogen-bond donors (Lipinski definition) is 1. The molecule has 2 heterocycles. The van der Waals surface area contributed by atoms with Crippen LogP contribution in [0.5, 0.6) is 0 Å². The molecule has 1 N–H and O–H groups in total. The standard InChI is InChI=1S/C13H18N2O/c1-10-4-3-7-15(9-10)13-6-5-12(8-14-13)11(2)16/h4-6,8,11,16H,3,7,9H2,1-2H3/t11-/m1/s1. The zero-order chi connectivity index (χ0) is 11.5. The fourth-order valence-corrected chi connectivity index (χ4v) is 1.94. The van der Waals surface area contributed by atoms with Gasteiger partial charge in [0.15, 0.2) is 0 Å². The molecule has 1 atom stereocenters. The largest absolute Gasteiger partial charge is 0.389 e. The Balaban J connectivity index is 2.13. The summed E-state index contributed by atoms with van der Waals surface area (Å²) in [6.07, 6.45) is 4.68. The molecule has 16 heavy (non-hydrogen) atoms. The minimum absolute atomic E-state index is 0.440. The number of aromatic nitrogens is 1. The van der Waals surface area contributed by atoms with Crippen molar-refractivity contribution in [1.29, 1.82) is 0 Å². The Kier molecular flexibility index (Phi) is 3.25. The molecule has 0 aromatic carbocycles. The van der Waals surface area contributed by atoms with Crippen molar-refractivity contribution in [3.63, 3.8) is 0 Å². The van der Waals surface area contributed by atoms with E-state index in [1.807, 2.05) is 12.1 Å². The summed E-state index contributed by atoms with van der Waals surface area (Å²) >= 11 is 0. The molecule has 3 heteroatoms. The zero-order valence-corrected chi connectivity index (χ0v) is 9.85. The van der Waals surface area contributed by atoms with Crippen molar-refractivity contribution < 1.29 is 5.11 Å². The van der Waals surface area contributed by atoms with E-state index >= 15 is 0 Å². The van der Waals surface area contributed by atoms with Gasteiger partial charge in [-0.2, -0.15) is 0 Å². The Bertz CT molecular complexity index is 381. The van der Waals surface area contributed by atoms with Crippen molar-refractivity contribution in [3.8, 4) is 0 Å². The maximum Gasteiger partial charge on any atom is 0.128 e. The fourth-order valence-electron chi connectivity index (χ4n) is 1.94. The molecule has 0 fully saturated rings. The molecule has 3 nitrogen and oxygen atoms in total. The molecule has 0 aliphatic carbocycles. The van der Waals surface area contributed by atoms with Crippen LogP contribution in [0.15, 0.2) is 30.0 Å². The Morgan fingerprint density at radius 3 is 2.81 bits per heavy atom. The predicted molar refractivity (Wildman–Crippen MR) is 65.5 cm³/mol. The highest BCUT2D eigenvalue weighted by Crippen LogP contribution is 2.19. The highest BCUT2D eigenvalue weighted by Gasteiger charge is 2.12. The maximum atomic E-state index is 9.40. The highest BCUT2D eigenvalue weighted by atomic mass is 16.3. The lowest BCUT2D eigenvalue weighted by atomic mass is 10.1. The molecule has 0 saturated carbocycles. The quantitative estimate of drug-likeness (QED) is 0.774. The molecule has 0 spiro atoms. The van der Waals surface area contributed by atoms with Gasteiger partial charge in [0.25, 0.3) is 0 Å². The molecular formula is C13H18N2O. The second kappa shape index (κ2) is 4.66. The van der Waals surface area contributed by atoms with Crippen LogP contribution in [0, 0.1) is 0 Å². The van der Waals surface area contributed by atoms with Crippen molar-refractivity contribution in [1.82, 2.24) is 4.98 Å². The number of rotatable bonds is 2. The van der Waals surface area contributed by atoms with Crippen LogP contribution in [0.25, 0.3) is 0 Å². The molecule has 0 unspecified atom stereocenters. The van der Waals surface area contributed by atoms with Gasteiger partial charge in [-0.15, -0.1) is 0 Å². The summed E-state index contributed by atoms with van der Waals surface area (Å²) < 4.78 is 0. The molecule has 86 valence electrons. The minimum Gasteiger partial charge on any atom is -0.389 e. The summed E-state index contributed by atoms with van der Waals surface area (Å²) in [4.78, 5) is 6.66. The van der Waals surface area contributed by atoms with Gasteiger partial charge in [0.1, 0.15) is 5.82 Å². The Morgan fingerprint density at radius 2 is 2.25 bits per heavy atom. The molecule has 1 aromatic rings. The van der Waals surface area contributed by atoms with Gasteiger partial charge in [-0.3, -0.25) is 0 Å². The Morgan fingerprint density at radius 1 is 1.44 bits per heavy atom. The fraction of sp³-hybridized carbons (Fsp3) is 0.462. The average Bonchev–Trinajstić information content (AvgIpc) is 2.29. The van der Waals surface area contributed by atoms with E-state index in [0.717, 1.165) is 30.9 Å². The highest BCUT2D eigenvalue weighted by molar-refractivity contribution is 5.42. The second-order valence-corrected chi connectivity index (χ2v) is 4.39. The summed E-state index contributed by atoms with van der Waals surface area (Å²) in [7, 11) is 0. The molecule has 0 saturated heterocycles. The van der Waals surface area contributed by atoms with Crippen LogP contribution in [0.4, 0.5) is 5.82 Å². The van der Waals surface area contributed by atoms with Gasteiger partial charge in [-0.1, -0.05) is 17.7 Å². The maximum absolute atomic E-state index is 9.40. The summed E-state index contributed by atoms with van der Waals surface area (Å²) in [5.41, 5.74) is 2.26. The van der Waals surface area contributed by atoms with Gasteiger partial charge in [-0.05, 0) is 31.9 Å². The van der Waals surface area contributed by atoms with E-state index < -0.39 is 6.10 Å². The third-order valence-corrected chi connectivity index (χ3v) is 2.91. The molecule has 2 rings (SSSR count). The summed E-state index contributed by atoms with van der Waals surface area (Å²) in [6, 6.07) is 3.93. The lowest BCUT2D eigenvalue weighted by Crippen LogP contribution is -2.29. The number of pyridine rings is 1. The third-order valence-electron chi connectivity index (χ3n) is 2.91. The van der Waals surface area contributed by atoms with Gasteiger partial charge in [0, 0.05) is 19.3 Å². The van der Waals surface area contributed by atoms with Gasteiger partial charge in [0.05, 0.1) is 6.10 Å². The van der Waals surface area contributed by atoms with Gasteiger partial charge >= 0.3 is 0 Å². The van der Waals surface area contributed by atoms with Crippen LogP contribution in [-0.2, 0) is 0 Å². The topological polar surface area (TPSA) is 36.4 Å². The molecule has 0 radical (unpaired) electrons. The van der Waals surface area contributed by atoms with E-state index in [0.29, 0.717) is 0 Å². The van der Waals surface area contributed by atoms with Gasteiger partial charge in [-0.25, -0.2) is 4.98 Å². The normalized spacial score (nSPS) is 18.2. The summed E-state index contributed by atoms with van der Waals surface area (Å²) in [5.74, 6) is 0.997. The number of anilines is 1. The van der Waals surface area contributed by atoms with Crippen LogP contribution < -0.4 is 4.90 Å². The number of aliphatic hydroxyl groups excluding tert-OH is 1. The van der Waals surface area contributed by atoms with Crippen molar-refractivity contribution in [2.45, 2.75) is 26.4 Å². The Hall–Kier alpha value is -1.35. The number of aliphatic hydroxyl groups is 1. The minimum atomic E-state index is -0.440. The number of nitrogens with zero attached hydrogens (tertiary/aromatic N) is 2. The molecule has 1 aromatic heterocycles. The van der Waals surface area contributed by atoms with E-state index in [4.69, 9.17) is 0 Å². The lowest BCUT2D eigenvalue weighted by Gasteiger charge is -2.27. The zero-order valence-electron chi connectivity index (χ0n) is 9.85. The first-order valence-electron chi connectivity index (χ1n) is 5.71. The SMILES string of the molecule is CC1=CCCN(c2ccc([C@@H](C)O)cn2)C1. The van der Waals surface area contributed by atoms with Gasteiger partial charge < -0.3 is 10.0 Å². The van der Waals surface area contributed by atoms with E-state index in [2.05, 4.69) is 22.9 Å². The van der Waals surface area contributed by atoms with Crippen molar-refractivity contribution in [2.24, 2.45) is 0 Å². The summed E-state index contributed by atoms with van der Waals surface area (Å²) in [5, 5.41) is 9.40. The van der Waals surface area contributed by atoms with Crippen LogP contribution >= 0.6 is 0 Å². The third kappa shape index (κ3) is 2.42. The van der Waals surface area contributed by atoms with E-state index in [9.17, 15) is 5.11 Å². The Labute approximate surface area is 96.4 Å². The van der Waals surface area contributed by atoms with Crippen molar-refractivity contribution in [2.75, 3.05) is 18.0 Å². The number of hydrogen-bond acceptors (Lipinski definition) is 3. The van der Waals surface area contributed by atoms with E-state index in [1.54, 1.807) is 13.1 Å². The van der Waals surface area contributed by atoms with E-state index in [1.165, 1.54) is 5.57 Å². The first kappa shape index (κ1) is 11.1. The van der Waals surface area contributed by atoms with Crippen LogP contribution in [0.1, 0.15) is 31.9 Å². The monoisotopic (exact) mass is 218 g/mol. The van der Waals surface area contributed by atoms with Crippen molar-refractivity contribution >= 4 is 5.82 Å². The molecule has 1 aliphatic rings. The molecule has 0 amide bonds.